The lowest BCUT2D eigenvalue weighted by Crippen LogP contribution is -2.88. The molecule has 6 aliphatic rings. The van der Waals surface area contributed by atoms with Crippen LogP contribution >= 0.6 is 0 Å². The SMILES string of the molecule is CC(C)C[Si]12O[Si]3(/C=C/c4ccc(N=Nc5ccccc5)cc4)O[Si]4(CC(C)C)O[Si](CC(C)C)(O1)O[Si]1(CC(C)C)O[Si](CC(C)C)(O2)O[Si](CC(C)C)(O3)O[Si](CC(C)C)(O4)O1. The van der Waals surface area contributed by atoms with Gasteiger partial charge in [0.1, 0.15) is 0 Å². The Hall–Kier alpha value is -0.965. The van der Waals surface area contributed by atoms with Crippen LogP contribution in [0.2, 0.25) is 42.3 Å². The van der Waals surface area contributed by atoms with Crippen LogP contribution in [-0.2, 0) is 49.4 Å². The molecule has 2 aromatic rings. The van der Waals surface area contributed by atoms with Crippen molar-refractivity contribution >= 4 is 87.9 Å². The van der Waals surface area contributed by atoms with Crippen LogP contribution in [-0.4, -0.2) is 70.4 Å². The number of benzene rings is 2. The fourth-order valence-corrected chi connectivity index (χ4v) is 59.7. The molecule has 2 aromatic carbocycles. The second kappa shape index (κ2) is 19.4. The second-order valence-corrected chi connectivity index (χ2v) is 45.0. The molecule has 6 saturated heterocycles. The number of hydrogen-bond acceptors (Lipinski definition) is 14. The molecule has 0 saturated carbocycles. The highest BCUT2D eigenvalue weighted by Crippen LogP contribution is 2.55. The third-order valence-corrected chi connectivity index (χ3v) is 50.0. The standard InChI is InChI=1S/C42H74N2O12Si8/c1-33(2)26-58-45-57(25-24-40-20-22-42(23-21-40)44-43-41-18-16-15-17-19-41)46-59(27-34(3)4)50-61(48-58,29-36(7)8)54-64(32-39(13)14)55-62(49-58,30-37(9)10)51-60(47-57,28-35(5)6)53-63(52-59,56-64)31-38(11)12/h15-25,33-39H,26-32H2,1-14H3/b25-24+,44-43?. The maximum atomic E-state index is 7.85. The van der Waals surface area contributed by atoms with E-state index in [1.54, 1.807) is 0 Å². The van der Waals surface area contributed by atoms with Crippen LogP contribution in [0.1, 0.15) is 102 Å². The summed E-state index contributed by atoms with van der Waals surface area (Å²) in [6.45, 7) is 30.2. The molecule has 0 aliphatic carbocycles. The normalized spacial score (nSPS) is 36.4. The van der Waals surface area contributed by atoms with Gasteiger partial charge in [-0.05, 0) is 77.0 Å². The molecule has 64 heavy (non-hydrogen) atoms. The molecular weight excluding hydrogens is 949 g/mol. The zero-order valence-electron chi connectivity index (χ0n) is 40.6. The average Bonchev–Trinajstić information content (AvgIpc) is 3.08. The maximum Gasteiger partial charge on any atom is 0.507 e. The molecule has 6 aliphatic heterocycles. The molecule has 0 atom stereocenters. The number of rotatable bonds is 18. The minimum absolute atomic E-state index is 0.0679. The summed E-state index contributed by atoms with van der Waals surface area (Å²) in [5, 5.41) is 8.90. The van der Waals surface area contributed by atoms with Crippen LogP contribution in [0.5, 0.6) is 0 Å². The Kier molecular flexibility index (Phi) is 15.5. The molecule has 0 amide bonds. The maximum absolute atomic E-state index is 7.85. The Morgan fingerprint density at radius 3 is 0.859 bits per heavy atom. The van der Waals surface area contributed by atoms with Crippen molar-refractivity contribution in [1.29, 1.82) is 0 Å². The van der Waals surface area contributed by atoms with Gasteiger partial charge in [0, 0.05) is 42.3 Å². The van der Waals surface area contributed by atoms with Gasteiger partial charge in [0.05, 0.1) is 11.4 Å². The van der Waals surface area contributed by atoms with Crippen molar-refractivity contribution in [3.05, 3.63) is 65.9 Å². The molecule has 6 heterocycles. The van der Waals surface area contributed by atoms with Gasteiger partial charge in [0.25, 0.3) is 0 Å². The van der Waals surface area contributed by atoms with E-state index in [0.717, 1.165) is 16.9 Å². The van der Waals surface area contributed by atoms with Crippen LogP contribution in [0.3, 0.4) is 0 Å². The van der Waals surface area contributed by atoms with Crippen molar-refractivity contribution in [3.63, 3.8) is 0 Å². The molecule has 356 valence electrons. The first-order valence-corrected chi connectivity index (χ1v) is 38.9. The van der Waals surface area contributed by atoms with Gasteiger partial charge in [-0.3, -0.25) is 0 Å². The summed E-state index contributed by atoms with van der Waals surface area (Å²) in [6.07, 6.45) is 1.99. The second-order valence-electron chi connectivity index (χ2n) is 21.3. The zero-order chi connectivity index (χ0) is 46.4. The molecule has 0 spiro atoms. The molecule has 8 rings (SSSR count). The summed E-state index contributed by atoms with van der Waals surface area (Å²) in [5.41, 5.74) is 4.33. The molecule has 0 N–H and O–H groups in total. The zero-order valence-corrected chi connectivity index (χ0v) is 48.6. The largest absolute Gasteiger partial charge is 0.507 e. The summed E-state index contributed by atoms with van der Waals surface area (Å²) in [5.74, 6) is 0.590. The molecule has 0 aromatic heterocycles. The average molecular weight is 1020 g/mol. The lowest BCUT2D eigenvalue weighted by molar-refractivity contribution is -0.0311. The first-order chi connectivity index (χ1) is 29.9. The quantitative estimate of drug-likeness (QED) is 0.104. The van der Waals surface area contributed by atoms with Gasteiger partial charge in [-0.2, -0.15) is 10.2 Å². The van der Waals surface area contributed by atoms with Crippen LogP contribution in [0, 0.1) is 41.4 Å². The predicted molar refractivity (Wildman–Crippen MR) is 263 cm³/mol. The van der Waals surface area contributed by atoms with Crippen LogP contribution in [0.4, 0.5) is 11.4 Å². The Balaban J connectivity index is 1.51. The van der Waals surface area contributed by atoms with E-state index in [0.29, 0.717) is 42.3 Å². The van der Waals surface area contributed by atoms with Crippen molar-refractivity contribution in [2.45, 2.75) is 139 Å². The van der Waals surface area contributed by atoms with E-state index in [9.17, 15) is 0 Å². The van der Waals surface area contributed by atoms with E-state index in [4.69, 9.17) is 49.4 Å². The number of azo groups is 1. The summed E-state index contributed by atoms with van der Waals surface area (Å²) in [4.78, 5) is 0. The Labute approximate surface area is 392 Å². The summed E-state index contributed by atoms with van der Waals surface area (Å²) in [7, 11) is -32.3. The molecule has 14 nitrogen and oxygen atoms in total. The Morgan fingerprint density at radius 2 is 0.594 bits per heavy atom. The van der Waals surface area contributed by atoms with Crippen molar-refractivity contribution in [1.82, 2.24) is 0 Å². The first-order valence-electron chi connectivity index (χ1n) is 23.6. The van der Waals surface area contributed by atoms with E-state index < -0.39 is 70.4 Å². The van der Waals surface area contributed by atoms with Crippen molar-refractivity contribution < 1.29 is 49.4 Å². The highest BCUT2D eigenvalue weighted by molar-refractivity contribution is 7.04. The molecule has 6 fully saturated rings. The molecule has 22 heteroatoms. The monoisotopic (exact) mass is 1020 g/mol. The van der Waals surface area contributed by atoms with E-state index in [2.05, 4.69) is 107 Å². The molecule has 8 bridgehead atoms. The fourth-order valence-electron chi connectivity index (χ4n) is 9.22. The number of nitrogens with zero attached hydrogens (tertiary/aromatic N) is 2. The number of hydrogen-bond donors (Lipinski definition) is 0. The molecule has 0 radical (unpaired) electrons. The third-order valence-electron chi connectivity index (χ3n) is 10.7. The van der Waals surface area contributed by atoms with Gasteiger partial charge in [-0.25, -0.2) is 0 Å². The smallest absolute Gasteiger partial charge is 0.373 e. The molecule has 0 unspecified atom stereocenters. The predicted octanol–water partition coefficient (Wildman–Crippen LogP) is 12.0. The lowest BCUT2D eigenvalue weighted by Gasteiger charge is -2.63. The Morgan fingerprint density at radius 1 is 0.344 bits per heavy atom. The summed E-state index contributed by atoms with van der Waals surface area (Å²) < 4.78 is 94.0. The Bertz CT molecular complexity index is 1810. The van der Waals surface area contributed by atoms with Crippen molar-refractivity contribution in [2.24, 2.45) is 51.7 Å². The van der Waals surface area contributed by atoms with E-state index in [1.165, 1.54) is 0 Å². The molecular formula is C42H74N2O12Si8. The van der Waals surface area contributed by atoms with E-state index in [1.807, 2.05) is 66.4 Å². The highest BCUT2D eigenvalue weighted by Gasteiger charge is 2.83. The van der Waals surface area contributed by atoms with Crippen molar-refractivity contribution in [2.75, 3.05) is 0 Å². The topological polar surface area (TPSA) is 135 Å². The van der Waals surface area contributed by atoms with Gasteiger partial charge in [0.2, 0.25) is 0 Å². The fraction of sp³-hybridized carbons (Fsp3) is 0.667. The minimum atomic E-state index is -4.27. The van der Waals surface area contributed by atoms with Crippen LogP contribution in [0.15, 0.2) is 70.5 Å². The van der Waals surface area contributed by atoms with Crippen molar-refractivity contribution in [3.8, 4) is 0 Å². The van der Waals surface area contributed by atoms with E-state index in [-0.39, 0.29) is 41.4 Å². The third kappa shape index (κ3) is 12.1. The first kappa shape index (κ1) is 50.9. The minimum Gasteiger partial charge on any atom is -0.373 e. The van der Waals surface area contributed by atoms with Crippen LogP contribution in [0.25, 0.3) is 6.08 Å². The van der Waals surface area contributed by atoms with Gasteiger partial charge >= 0.3 is 70.4 Å². The summed E-state index contributed by atoms with van der Waals surface area (Å²) >= 11 is 0. The van der Waals surface area contributed by atoms with Gasteiger partial charge in [-0.1, -0.05) is 133 Å². The lowest BCUT2D eigenvalue weighted by atomic mass is 10.2. The van der Waals surface area contributed by atoms with E-state index >= 15 is 0 Å². The van der Waals surface area contributed by atoms with Gasteiger partial charge in [0.15, 0.2) is 0 Å². The van der Waals surface area contributed by atoms with Gasteiger partial charge < -0.3 is 49.4 Å². The van der Waals surface area contributed by atoms with Crippen LogP contribution < -0.4 is 0 Å². The van der Waals surface area contributed by atoms with Gasteiger partial charge in [-0.15, -0.1) is 0 Å². The summed E-state index contributed by atoms with van der Waals surface area (Å²) in [6, 6.07) is 20.7. The highest BCUT2D eigenvalue weighted by atomic mass is 28.6.